The number of carbonyl (C=O) groups is 1. The molecule has 3 heteroatoms. The summed E-state index contributed by atoms with van der Waals surface area (Å²) in [5, 5.41) is 8.70. The number of hydrogen-bond acceptors (Lipinski definition) is 1. The van der Waals surface area contributed by atoms with E-state index in [4.69, 9.17) is 5.11 Å². The molecule has 0 unspecified atom stereocenters. The number of hydrogen-bond donors (Lipinski definition) is 2. The fourth-order valence-electron chi connectivity index (χ4n) is 1.79. The van der Waals surface area contributed by atoms with Crippen molar-refractivity contribution in [1.29, 1.82) is 0 Å². The minimum Gasteiger partial charge on any atom is -0.477 e. The van der Waals surface area contributed by atoms with Crippen molar-refractivity contribution in [1.82, 2.24) is 4.98 Å². The van der Waals surface area contributed by atoms with Gasteiger partial charge in [0.05, 0.1) is 0 Å². The lowest BCUT2D eigenvalue weighted by molar-refractivity contribution is 0.0691. The Hall–Kier alpha value is -1.25. The molecule has 0 spiro atoms. The van der Waals surface area contributed by atoms with Gasteiger partial charge in [0, 0.05) is 5.69 Å². The molecule has 3 nitrogen and oxygen atoms in total. The third kappa shape index (κ3) is 0.932. The van der Waals surface area contributed by atoms with Gasteiger partial charge in [0.25, 0.3) is 0 Å². The fourth-order valence-corrected chi connectivity index (χ4v) is 1.79. The Morgan fingerprint density at radius 3 is 3.08 bits per heavy atom. The second-order valence-electron chi connectivity index (χ2n) is 3.36. The summed E-state index contributed by atoms with van der Waals surface area (Å²) in [4.78, 5) is 13.5. The molecule has 0 bridgehead atoms. The van der Waals surface area contributed by atoms with Gasteiger partial charge in [-0.1, -0.05) is 6.92 Å². The van der Waals surface area contributed by atoms with Crippen LogP contribution in [0.5, 0.6) is 0 Å². The van der Waals surface area contributed by atoms with Crippen molar-refractivity contribution in [2.24, 2.45) is 0 Å². The highest BCUT2D eigenvalue weighted by Gasteiger charge is 2.22. The van der Waals surface area contributed by atoms with E-state index in [2.05, 4.69) is 11.9 Å². The van der Waals surface area contributed by atoms with E-state index in [9.17, 15) is 4.79 Å². The standard InChI is InChI=1S/C9H11NO2/c1-5-2-3-7-6(5)4-8(10-7)9(11)12/h4-5,10H,2-3H2,1H3,(H,11,12)/t5-/m0/s1. The number of aromatic nitrogens is 1. The van der Waals surface area contributed by atoms with Gasteiger partial charge in [0.2, 0.25) is 0 Å². The van der Waals surface area contributed by atoms with Crippen LogP contribution >= 0.6 is 0 Å². The molecule has 1 aromatic rings. The molecular weight excluding hydrogens is 154 g/mol. The maximum atomic E-state index is 10.6. The minimum atomic E-state index is -0.864. The molecule has 0 radical (unpaired) electrons. The van der Waals surface area contributed by atoms with Gasteiger partial charge >= 0.3 is 5.97 Å². The van der Waals surface area contributed by atoms with Crippen molar-refractivity contribution in [3.05, 3.63) is 23.0 Å². The second kappa shape index (κ2) is 2.37. The molecule has 0 amide bonds. The van der Waals surface area contributed by atoms with Crippen LogP contribution < -0.4 is 0 Å². The van der Waals surface area contributed by atoms with E-state index in [-0.39, 0.29) is 0 Å². The lowest BCUT2D eigenvalue weighted by Gasteiger charge is -1.97. The third-order valence-electron chi connectivity index (χ3n) is 2.52. The number of aromatic amines is 1. The van der Waals surface area contributed by atoms with Crippen molar-refractivity contribution in [2.75, 3.05) is 0 Å². The predicted molar refractivity (Wildman–Crippen MR) is 44.5 cm³/mol. The largest absolute Gasteiger partial charge is 0.477 e. The first kappa shape index (κ1) is 7.40. The summed E-state index contributed by atoms with van der Waals surface area (Å²) in [7, 11) is 0. The van der Waals surface area contributed by atoms with Crippen LogP contribution in [0.4, 0.5) is 0 Å². The Morgan fingerprint density at radius 1 is 1.75 bits per heavy atom. The molecule has 0 aliphatic heterocycles. The Labute approximate surface area is 70.4 Å². The van der Waals surface area contributed by atoms with Gasteiger partial charge < -0.3 is 10.1 Å². The maximum Gasteiger partial charge on any atom is 0.352 e. The first-order valence-electron chi connectivity index (χ1n) is 4.13. The van der Waals surface area contributed by atoms with E-state index >= 15 is 0 Å². The first-order valence-corrected chi connectivity index (χ1v) is 4.13. The van der Waals surface area contributed by atoms with Crippen molar-refractivity contribution in [3.8, 4) is 0 Å². The zero-order chi connectivity index (χ0) is 8.72. The molecule has 1 atom stereocenters. The summed E-state index contributed by atoms with van der Waals surface area (Å²) in [5.74, 6) is -0.346. The topological polar surface area (TPSA) is 53.1 Å². The number of aromatic carboxylic acids is 1. The lowest BCUT2D eigenvalue weighted by atomic mass is 10.1. The number of nitrogens with one attached hydrogen (secondary N) is 1. The monoisotopic (exact) mass is 165 g/mol. The summed E-state index contributed by atoms with van der Waals surface area (Å²) in [6.07, 6.45) is 2.13. The predicted octanol–water partition coefficient (Wildman–Crippen LogP) is 1.76. The van der Waals surface area contributed by atoms with Crippen LogP contribution in [0.1, 0.15) is 41.0 Å². The third-order valence-corrected chi connectivity index (χ3v) is 2.52. The van der Waals surface area contributed by atoms with Crippen molar-refractivity contribution >= 4 is 5.97 Å². The Morgan fingerprint density at radius 2 is 2.50 bits per heavy atom. The molecule has 1 aliphatic rings. The quantitative estimate of drug-likeness (QED) is 0.666. The van der Waals surface area contributed by atoms with E-state index in [0.717, 1.165) is 18.5 Å². The van der Waals surface area contributed by atoms with Gasteiger partial charge in [0.15, 0.2) is 0 Å². The molecule has 12 heavy (non-hydrogen) atoms. The first-order chi connectivity index (χ1) is 5.68. The molecule has 0 saturated heterocycles. The number of H-pyrrole nitrogens is 1. The summed E-state index contributed by atoms with van der Waals surface area (Å²) in [6, 6.07) is 1.76. The van der Waals surface area contributed by atoms with Crippen LogP contribution in [0.3, 0.4) is 0 Å². The molecular formula is C9H11NO2. The molecule has 1 aliphatic carbocycles. The van der Waals surface area contributed by atoms with Crippen molar-refractivity contribution < 1.29 is 9.90 Å². The van der Waals surface area contributed by atoms with E-state index in [1.54, 1.807) is 6.07 Å². The highest BCUT2D eigenvalue weighted by atomic mass is 16.4. The van der Waals surface area contributed by atoms with Gasteiger partial charge in [0.1, 0.15) is 5.69 Å². The van der Waals surface area contributed by atoms with Crippen LogP contribution in [0.25, 0.3) is 0 Å². The fraction of sp³-hybridized carbons (Fsp3) is 0.444. The Kier molecular flexibility index (Phi) is 1.46. The van der Waals surface area contributed by atoms with Crippen LogP contribution in [-0.2, 0) is 6.42 Å². The molecule has 1 aromatic heterocycles. The van der Waals surface area contributed by atoms with Gasteiger partial charge in [-0.15, -0.1) is 0 Å². The number of aryl methyl sites for hydroxylation is 1. The van der Waals surface area contributed by atoms with Crippen molar-refractivity contribution in [2.45, 2.75) is 25.7 Å². The number of carboxylic acid groups (broad SMARTS) is 1. The van der Waals surface area contributed by atoms with Crippen LogP contribution in [0.15, 0.2) is 6.07 Å². The van der Waals surface area contributed by atoms with Crippen LogP contribution in [-0.4, -0.2) is 16.1 Å². The summed E-state index contributed by atoms with van der Waals surface area (Å²) < 4.78 is 0. The van der Waals surface area contributed by atoms with E-state index in [1.165, 1.54) is 5.56 Å². The second-order valence-corrected chi connectivity index (χ2v) is 3.36. The zero-order valence-electron chi connectivity index (χ0n) is 6.92. The summed E-state index contributed by atoms with van der Waals surface area (Å²) in [5.41, 5.74) is 2.62. The Bertz CT molecular complexity index is 327. The lowest BCUT2D eigenvalue weighted by Crippen LogP contribution is -1.96. The Balaban J connectivity index is 2.43. The van der Waals surface area contributed by atoms with Crippen molar-refractivity contribution in [3.63, 3.8) is 0 Å². The minimum absolute atomic E-state index is 0.326. The van der Waals surface area contributed by atoms with Crippen LogP contribution in [0.2, 0.25) is 0 Å². The highest BCUT2D eigenvalue weighted by Crippen LogP contribution is 2.32. The van der Waals surface area contributed by atoms with E-state index in [0.29, 0.717) is 11.6 Å². The van der Waals surface area contributed by atoms with Crippen LogP contribution in [0, 0.1) is 0 Å². The number of carboxylic acids is 1. The maximum absolute atomic E-state index is 10.6. The van der Waals surface area contributed by atoms with E-state index < -0.39 is 5.97 Å². The molecule has 2 N–H and O–H groups in total. The molecule has 1 heterocycles. The normalized spacial score (nSPS) is 20.9. The average Bonchev–Trinajstić information content (AvgIpc) is 2.53. The summed E-state index contributed by atoms with van der Waals surface area (Å²) >= 11 is 0. The van der Waals surface area contributed by atoms with Gasteiger partial charge in [-0.05, 0) is 30.4 Å². The molecule has 0 aromatic carbocycles. The molecule has 0 fully saturated rings. The average molecular weight is 165 g/mol. The number of rotatable bonds is 1. The van der Waals surface area contributed by atoms with Gasteiger partial charge in [-0.3, -0.25) is 0 Å². The van der Waals surface area contributed by atoms with Gasteiger partial charge in [-0.2, -0.15) is 0 Å². The molecule has 2 rings (SSSR count). The van der Waals surface area contributed by atoms with Gasteiger partial charge in [-0.25, -0.2) is 4.79 Å². The smallest absolute Gasteiger partial charge is 0.352 e. The number of fused-ring (bicyclic) bond motifs is 1. The molecule has 0 saturated carbocycles. The van der Waals surface area contributed by atoms with E-state index in [1.807, 2.05) is 0 Å². The highest BCUT2D eigenvalue weighted by molar-refractivity contribution is 5.86. The zero-order valence-corrected chi connectivity index (χ0v) is 6.92. The molecule has 64 valence electrons. The SMILES string of the molecule is C[C@H]1CCc2[nH]c(C(=O)O)cc21. The summed E-state index contributed by atoms with van der Waals surface area (Å²) in [6.45, 7) is 2.13.